The van der Waals surface area contributed by atoms with Gasteiger partial charge in [0.05, 0.1) is 26.8 Å². The molecule has 0 aliphatic rings. The predicted molar refractivity (Wildman–Crippen MR) is 316 cm³/mol. The van der Waals surface area contributed by atoms with Gasteiger partial charge in [-0.05, 0) is 98.0 Å². The maximum atomic E-state index is 5.14. The number of thiophene rings is 1. The smallest absolute Gasteiger partial charge is 0.164 e. The molecular weight excluding hydrogens is 931 g/mol. The van der Waals surface area contributed by atoms with E-state index in [1.54, 1.807) is 0 Å². The van der Waals surface area contributed by atoms with Gasteiger partial charge < -0.3 is 9.13 Å². The van der Waals surface area contributed by atoms with E-state index in [4.69, 9.17) is 15.0 Å². The van der Waals surface area contributed by atoms with Gasteiger partial charge in [-0.1, -0.05) is 194 Å². The number of hydrogen-bond donors (Lipinski definition) is 0. The Morgan fingerprint density at radius 1 is 0.253 bits per heavy atom. The normalized spacial score (nSPS) is 12.0. The summed E-state index contributed by atoms with van der Waals surface area (Å²) in [4.78, 5) is 15.3. The number of aromatic nitrogens is 5. The van der Waals surface area contributed by atoms with Crippen LogP contribution in [0.15, 0.2) is 249 Å². The molecule has 0 atom stereocenters. The van der Waals surface area contributed by atoms with Gasteiger partial charge in [0.25, 0.3) is 0 Å². The van der Waals surface area contributed by atoms with Crippen molar-refractivity contribution in [3.05, 3.63) is 249 Å². The van der Waals surface area contributed by atoms with Gasteiger partial charge in [0.1, 0.15) is 0 Å². The molecular formula is C69H41N5S. The van der Waals surface area contributed by atoms with Crippen LogP contribution in [0.2, 0.25) is 0 Å². The number of fused-ring (bicyclic) bond motifs is 16. The minimum Gasteiger partial charge on any atom is -0.309 e. The van der Waals surface area contributed by atoms with Crippen LogP contribution in [0.4, 0.5) is 0 Å². The van der Waals surface area contributed by atoms with E-state index in [1.165, 1.54) is 96.5 Å². The fourth-order valence-electron chi connectivity index (χ4n) is 12.0. The average molecular weight is 972 g/mol. The van der Waals surface area contributed by atoms with Crippen molar-refractivity contribution in [1.82, 2.24) is 24.1 Å². The Balaban J connectivity index is 0.881. The molecule has 5 nitrogen and oxygen atoms in total. The van der Waals surface area contributed by atoms with Gasteiger partial charge in [0, 0.05) is 65.1 Å². The van der Waals surface area contributed by atoms with Crippen LogP contribution in [0.25, 0.3) is 153 Å². The quantitative estimate of drug-likeness (QED) is 0.156. The van der Waals surface area contributed by atoms with Crippen molar-refractivity contribution >= 4 is 107 Å². The van der Waals surface area contributed by atoms with Gasteiger partial charge in [-0.3, -0.25) is 0 Å². The zero-order valence-electron chi connectivity index (χ0n) is 40.3. The third-order valence-electron chi connectivity index (χ3n) is 15.3. The van der Waals surface area contributed by atoms with Crippen molar-refractivity contribution in [2.24, 2.45) is 0 Å². The van der Waals surface area contributed by atoms with Crippen LogP contribution in [0.5, 0.6) is 0 Å². The van der Waals surface area contributed by atoms with E-state index in [2.05, 4.69) is 221 Å². The molecule has 6 heteroatoms. The van der Waals surface area contributed by atoms with Crippen LogP contribution < -0.4 is 0 Å². The third-order valence-corrected chi connectivity index (χ3v) is 16.6. The third kappa shape index (κ3) is 6.40. The Labute approximate surface area is 434 Å². The second-order valence-corrected chi connectivity index (χ2v) is 20.5. The van der Waals surface area contributed by atoms with E-state index < -0.39 is 0 Å². The molecule has 0 unspecified atom stereocenters. The summed E-state index contributed by atoms with van der Waals surface area (Å²) < 4.78 is 7.50. The van der Waals surface area contributed by atoms with E-state index in [1.807, 2.05) is 47.7 Å². The Morgan fingerprint density at radius 3 is 1.41 bits per heavy atom. The van der Waals surface area contributed by atoms with Crippen molar-refractivity contribution in [3.63, 3.8) is 0 Å². The molecule has 12 aromatic carbocycles. The van der Waals surface area contributed by atoms with Crippen molar-refractivity contribution in [3.8, 4) is 56.7 Å². The summed E-state index contributed by atoms with van der Waals surface area (Å²) in [5.74, 6) is 1.92. The molecule has 4 aromatic heterocycles. The summed E-state index contributed by atoms with van der Waals surface area (Å²) in [7, 11) is 0. The summed E-state index contributed by atoms with van der Waals surface area (Å²) in [6, 6.07) is 89.9. The van der Waals surface area contributed by atoms with Gasteiger partial charge in [-0.25, -0.2) is 15.0 Å². The largest absolute Gasteiger partial charge is 0.309 e. The molecule has 0 amide bonds. The van der Waals surface area contributed by atoms with E-state index in [0.717, 1.165) is 38.8 Å². The average Bonchev–Trinajstić information content (AvgIpc) is 4.21. The number of rotatable bonds is 6. The molecule has 0 spiro atoms. The van der Waals surface area contributed by atoms with Crippen LogP contribution >= 0.6 is 11.3 Å². The minimum absolute atomic E-state index is 0.634. The summed E-state index contributed by atoms with van der Waals surface area (Å²) in [6.07, 6.45) is 0. The molecule has 0 fully saturated rings. The first-order valence-corrected chi connectivity index (χ1v) is 26.2. The maximum Gasteiger partial charge on any atom is 0.164 e. The summed E-state index contributed by atoms with van der Waals surface area (Å²) in [5, 5.41) is 14.7. The second-order valence-electron chi connectivity index (χ2n) is 19.5. The lowest BCUT2D eigenvalue weighted by molar-refractivity contribution is 1.07. The van der Waals surface area contributed by atoms with E-state index in [0.29, 0.717) is 17.5 Å². The van der Waals surface area contributed by atoms with Crippen molar-refractivity contribution in [2.75, 3.05) is 0 Å². The van der Waals surface area contributed by atoms with Gasteiger partial charge in [-0.2, -0.15) is 0 Å². The second kappa shape index (κ2) is 16.4. The molecule has 0 bridgehead atoms. The Morgan fingerprint density at radius 2 is 0.720 bits per heavy atom. The van der Waals surface area contributed by atoms with Crippen LogP contribution in [0.3, 0.4) is 0 Å². The lowest BCUT2D eigenvalue weighted by Crippen LogP contribution is -2.00. The van der Waals surface area contributed by atoms with Gasteiger partial charge in [-0.15, -0.1) is 11.3 Å². The zero-order chi connectivity index (χ0) is 49.1. The topological polar surface area (TPSA) is 48.5 Å². The van der Waals surface area contributed by atoms with Crippen molar-refractivity contribution in [2.45, 2.75) is 0 Å². The van der Waals surface area contributed by atoms with Crippen LogP contribution in [0, 0.1) is 0 Å². The maximum absolute atomic E-state index is 5.14. The molecule has 0 radical (unpaired) electrons. The molecule has 0 saturated heterocycles. The highest BCUT2D eigenvalue weighted by molar-refractivity contribution is 7.27. The number of hydrogen-bond acceptors (Lipinski definition) is 4. The van der Waals surface area contributed by atoms with Crippen molar-refractivity contribution in [1.29, 1.82) is 0 Å². The van der Waals surface area contributed by atoms with Gasteiger partial charge >= 0.3 is 0 Å². The predicted octanol–water partition coefficient (Wildman–Crippen LogP) is 18.6. The first-order valence-electron chi connectivity index (χ1n) is 25.4. The standard InChI is InChI=1S/C69H41N5S/c1-4-17-42(18-5-1)67-70-68(43-19-6-2-7-20-43)72-69(71-67)45-31-34-51-49-23-10-11-24-50(49)52-35-33-47(41-59(52)58(51)40-45)73-61-29-14-13-26-54(61)60-39-44(32-38-63(60)73)48-27-16-28-56-57-37-36-55-53-25-12-15-30-62(53)74(46-21-8-3-9-22-46)64(55)66(57)75-65(48)56/h1-41H. The molecule has 0 saturated carbocycles. The van der Waals surface area contributed by atoms with Crippen LogP contribution in [-0.4, -0.2) is 24.1 Å². The van der Waals surface area contributed by atoms with Gasteiger partial charge in [0.15, 0.2) is 17.5 Å². The Hall–Kier alpha value is -9.75. The number of benzene rings is 12. The number of nitrogens with zero attached hydrogens (tertiary/aromatic N) is 5. The Bertz CT molecular complexity index is 4940. The zero-order valence-corrected chi connectivity index (χ0v) is 41.1. The molecule has 0 aliphatic carbocycles. The lowest BCUT2D eigenvalue weighted by atomic mass is 9.93. The SMILES string of the molecule is c1ccc(-c2nc(-c3ccccc3)nc(-c3ccc4c5ccccc5c5ccc(-n6c7ccccc7c7cc(-c8cccc9c8sc8c9ccc9c%10ccccc%10n(-c%10ccccc%10)c98)ccc76)cc5c4c3)n2)cc1. The van der Waals surface area contributed by atoms with Crippen molar-refractivity contribution < 1.29 is 0 Å². The fourth-order valence-corrected chi connectivity index (χ4v) is 13.3. The molecule has 348 valence electrons. The van der Waals surface area contributed by atoms with Gasteiger partial charge in [0.2, 0.25) is 0 Å². The molecule has 0 N–H and O–H groups in total. The van der Waals surface area contributed by atoms with E-state index >= 15 is 0 Å². The molecule has 4 heterocycles. The highest BCUT2D eigenvalue weighted by Crippen LogP contribution is 2.47. The molecule has 16 rings (SSSR count). The molecule has 75 heavy (non-hydrogen) atoms. The minimum atomic E-state index is 0.634. The first kappa shape index (κ1) is 41.8. The Kier molecular flexibility index (Phi) is 9.14. The highest BCUT2D eigenvalue weighted by atomic mass is 32.1. The molecule has 16 aromatic rings. The summed E-state index contributed by atoms with van der Waals surface area (Å²) in [6.45, 7) is 0. The lowest BCUT2D eigenvalue weighted by Gasteiger charge is -2.15. The fraction of sp³-hybridized carbons (Fsp3) is 0. The van der Waals surface area contributed by atoms with Crippen LogP contribution in [-0.2, 0) is 0 Å². The summed E-state index contributed by atoms with van der Waals surface area (Å²) in [5.41, 5.74) is 12.4. The number of para-hydroxylation sites is 3. The first-order chi connectivity index (χ1) is 37.2. The van der Waals surface area contributed by atoms with E-state index in [-0.39, 0.29) is 0 Å². The summed E-state index contributed by atoms with van der Waals surface area (Å²) >= 11 is 1.91. The highest BCUT2D eigenvalue weighted by Gasteiger charge is 2.22. The van der Waals surface area contributed by atoms with E-state index in [9.17, 15) is 0 Å². The monoisotopic (exact) mass is 971 g/mol. The van der Waals surface area contributed by atoms with Crippen LogP contribution in [0.1, 0.15) is 0 Å². The molecule has 0 aliphatic heterocycles.